The van der Waals surface area contributed by atoms with Crippen molar-refractivity contribution >= 4 is 23.5 Å². The number of ether oxygens (including phenoxy) is 2. The van der Waals surface area contributed by atoms with Gasteiger partial charge in [0.25, 0.3) is 5.91 Å². The Morgan fingerprint density at radius 3 is 2.45 bits per heavy atom. The summed E-state index contributed by atoms with van der Waals surface area (Å²) in [6.45, 7) is 0.497. The summed E-state index contributed by atoms with van der Waals surface area (Å²) in [4.78, 5) is 24.5. The number of halogens is 1. The molecule has 1 heterocycles. The monoisotopic (exact) mass is 527 g/mol. The fourth-order valence-corrected chi connectivity index (χ4v) is 4.78. The van der Waals surface area contributed by atoms with Crippen LogP contribution in [0.1, 0.15) is 33.8 Å². The second-order valence-electron chi connectivity index (χ2n) is 9.03. The molecule has 2 unspecified atom stereocenters. The predicted molar refractivity (Wildman–Crippen MR) is 146 cm³/mol. The molecule has 0 aliphatic carbocycles. The molecule has 7 heteroatoms. The Hall–Kier alpha value is -4.29. The van der Waals surface area contributed by atoms with Crippen LogP contribution in [0.15, 0.2) is 97.1 Å². The van der Waals surface area contributed by atoms with Crippen LogP contribution in [0.2, 0.25) is 5.02 Å². The number of nitrogens with one attached hydrogen (secondary N) is 1. The minimum Gasteiger partial charge on any atom is -0.481 e. The largest absolute Gasteiger partial charge is 0.481 e. The first kappa shape index (κ1) is 25.4. The Morgan fingerprint density at radius 2 is 1.68 bits per heavy atom. The van der Waals surface area contributed by atoms with Crippen LogP contribution in [-0.4, -0.2) is 29.8 Å². The fraction of sp³-hybridized carbons (Fsp3) is 0.161. The Morgan fingerprint density at radius 1 is 0.947 bits per heavy atom. The second-order valence-corrected chi connectivity index (χ2v) is 9.46. The summed E-state index contributed by atoms with van der Waals surface area (Å²) in [5, 5.41) is 13.1. The van der Waals surface area contributed by atoms with E-state index < -0.39 is 18.2 Å². The highest BCUT2D eigenvalue weighted by molar-refractivity contribution is 6.30. The first-order chi connectivity index (χ1) is 18.5. The molecule has 6 nitrogen and oxygen atoms in total. The van der Waals surface area contributed by atoms with Crippen LogP contribution in [0.3, 0.4) is 0 Å². The number of carboxylic acid groups (broad SMARTS) is 1. The molecule has 0 fully saturated rings. The maximum absolute atomic E-state index is 12.7. The molecule has 2 N–H and O–H groups in total. The Labute approximate surface area is 225 Å². The maximum Gasteiger partial charge on any atom is 0.311 e. The normalized spacial score (nSPS) is 16.1. The van der Waals surface area contributed by atoms with E-state index in [1.165, 1.54) is 5.56 Å². The summed E-state index contributed by atoms with van der Waals surface area (Å²) in [5.74, 6) is -1.03. The summed E-state index contributed by atoms with van der Waals surface area (Å²) in [5.41, 5.74) is 4.50. The van der Waals surface area contributed by atoms with Crippen molar-refractivity contribution in [2.45, 2.75) is 25.0 Å². The average molecular weight is 528 g/mol. The van der Waals surface area contributed by atoms with E-state index in [0.29, 0.717) is 40.6 Å². The minimum atomic E-state index is -0.969. The van der Waals surface area contributed by atoms with Gasteiger partial charge in [-0.1, -0.05) is 66.2 Å². The molecule has 2 atom stereocenters. The van der Waals surface area contributed by atoms with Crippen LogP contribution in [0.5, 0.6) is 11.5 Å². The Kier molecular flexibility index (Phi) is 7.61. The fourth-order valence-electron chi connectivity index (χ4n) is 4.60. The second kappa shape index (κ2) is 11.4. The highest BCUT2D eigenvalue weighted by Gasteiger charge is 2.34. The number of fused-ring (bicyclic) bond motifs is 1. The number of benzene rings is 4. The van der Waals surface area contributed by atoms with Crippen LogP contribution in [0.25, 0.3) is 11.1 Å². The van der Waals surface area contributed by atoms with Gasteiger partial charge in [-0.15, -0.1) is 0 Å². The minimum absolute atomic E-state index is 0.134. The van der Waals surface area contributed by atoms with Gasteiger partial charge in [0, 0.05) is 29.1 Å². The molecule has 5 rings (SSSR count). The third kappa shape index (κ3) is 5.82. The van der Waals surface area contributed by atoms with Crippen molar-refractivity contribution in [1.29, 1.82) is 0 Å². The smallest absolute Gasteiger partial charge is 0.311 e. The van der Waals surface area contributed by atoms with Gasteiger partial charge in [0.15, 0.2) is 0 Å². The van der Waals surface area contributed by atoms with Gasteiger partial charge in [0.1, 0.15) is 11.5 Å². The van der Waals surface area contributed by atoms with Gasteiger partial charge < -0.3 is 19.9 Å². The van der Waals surface area contributed by atoms with E-state index in [2.05, 4.69) is 29.6 Å². The van der Waals surface area contributed by atoms with E-state index in [1.54, 1.807) is 42.5 Å². The zero-order chi connectivity index (χ0) is 26.5. The third-order valence-electron chi connectivity index (χ3n) is 6.50. The lowest BCUT2D eigenvalue weighted by atomic mass is 9.92. The van der Waals surface area contributed by atoms with Gasteiger partial charge in [0.05, 0.1) is 5.92 Å². The molecule has 192 valence electrons. The molecular weight excluding hydrogens is 502 g/mol. The number of hydrogen-bond donors (Lipinski definition) is 2. The number of hydrogen-bond acceptors (Lipinski definition) is 4. The van der Waals surface area contributed by atoms with Crippen molar-refractivity contribution in [3.63, 3.8) is 0 Å². The zero-order valence-electron chi connectivity index (χ0n) is 20.5. The van der Waals surface area contributed by atoms with Crippen molar-refractivity contribution in [2.75, 3.05) is 6.54 Å². The molecule has 1 aliphatic heterocycles. The van der Waals surface area contributed by atoms with Crippen molar-refractivity contribution in [2.24, 2.45) is 0 Å². The first-order valence-electron chi connectivity index (χ1n) is 12.3. The molecule has 0 bridgehead atoms. The number of rotatable bonds is 8. The van der Waals surface area contributed by atoms with Crippen LogP contribution in [-0.2, 0) is 11.2 Å². The van der Waals surface area contributed by atoms with Crippen LogP contribution in [0, 0.1) is 0 Å². The van der Waals surface area contributed by atoms with Crippen LogP contribution >= 0.6 is 11.6 Å². The maximum atomic E-state index is 12.7. The molecule has 0 saturated heterocycles. The van der Waals surface area contributed by atoms with Gasteiger partial charge in [-0.3, -0.25) is 9.59 Å². The molecule has 38 heavy (non-hydrogen) atoms. The van der Waals surface area contributed by atoms with Gasteiger partial charge in [0.2, 0.25) is 6.29 Å². The summed E-state index contributed by atoms with van der Waals surface area (Å²) >= 11 is 6.04. The van der Waals surface area contributed by atoms with Gasteiger partial charge in [-0.05, 0) is 65.6 Å². The van der Waals surface area contributed by atoms with E-state index in [4.69, 9.17) is 21.1 Å². The van der Waals surface area contributed by atoms with Gasteiger partial charge >= 0.3 is 5.97 Å². The van der Waals surface area contributed by atoms with E-state index in [1.807, 2.05) is 30.3 Å². The van der Waals surface area contributed by atoms with Crippen molar-refractivity contribution in [1.82, 2.24) is 5.32 Å². The molecular formula is C31H26ClNO5. The lowest BCUT2D eigenvalue weighted by Gasteiger charge is -2.30. The van der Waals surface area contributed by atoms with Crippen LogP contribution < -0.4 is 14.8 Å². The lowest BCUT2D eigenvalue weighted by Crippen LogP contribution is -2.33. The molecule has 0 saturated carbocycles. The van der Waals surface area contributed by atoms with Crippen molar-refractivity contribution < 1.29 is 24.2 Å². The number of amides is 1. The Balaban J connectivity index is 1.18. The summed E-state index contributed by atoms with van der Waals surface area (Å²) < 4.78 is 11.8. The average Bonchev–Trinajstić information content (AvgIpc) is 2.94. The quantitative estimate of drug-likeness (QED) is 0.279. The lowest BCUT2D eigenvalue weighted by molar-refractivity contribution is -0.141. The summed E-state index contributed by atoms with van der Waals surface area (Å²) in [6, 6.07) is 30.0. The SMILES string of the molecule is O=C(NCCc1ccccc1-c1ccccc1)c1ccc(OC2CC(C(=O)O)c3cc(Cl)ccc3O2)cc1. The molecule has 4 aromatic carbocycles. The number of carbonyl (C=O) groups excluding carboxylic acids is 1. The third-order valence-corrected chi connectivity index (χ3v) is 6.73. The van der Waals surface area contributed by atoms with E-state index in [9.17, 15) is 14.7 Å². The van der Waals surface area contributed by atoms with E-state index in [-0.39, 0.29) is 12.3 Å². The topological polar surface area (TPSA) is 84.9 Å². The highest BCUT2D eigenvalue weighted by atomic mass is 35.5. The first-order valence-corrected chi connectivity index (χ1v) is 12.7. The zero-order valence-corrected chi connectivity index (χ0v) is 21.2. The highest BCUT2D eigenvalue weighted by Crippen LogP contribution is 2.38. The number of carbonyl (C=O) groups is 2. The van der Waals surface area contributed by atoms with Gasteiger partial charge in [-0.25, -0.2) is 0 Å². The van der Waals surface area contributed by atoms with E-state index in [0.717, 1.165) is 11.1 Å². The van der Waals surface area contributed by atoms with Crippen molar-refractivity contribution in [3.05, 3.63) is 119 Å². The van der Waals surface area contributed by atoms with Gasteiger partial charge in [-0.2, -0.15) is 0 Å². The number of carboxylic acids is 1. The Bertz CT molecular complexity index is 1440. The molecule has 1 aliphatic rings. The molecule has 4 aromatic rings. The van der Waals surface area contributed by atoms with Crippen molar-refractivity contribution in [3.8, 4) is 22.6 Å². The summed E-state index contributed by atoms with van der Waals surface area (Å²) in [6.07, 6.45) is 0.0539. The standard InChI is InChI=1S/C31H26ClNO5/c32-23-12-15-28-26(18-23)27(31(35)36)19-29(38-28)37-24-13-10-22(11-14-24)30(34)33-17-16-21-8-4-5-9-25(21)20-6-2-1-3-7-20/h1-15,18,27,29H,16-17,19H2,(H,33,34)(H,35,36). The summed E-state index contributed by atoms with van der Waals surface area (Å²) in [7, 11) is 0. The van der Waals surface area contributed by atoms with E-state index >= 15 is 0 Å². The molecule has 0 aromatic heterocycles. The molecule has 0 radical (unpaired) electrons. The number of aliphatic carboxylic acids is 1. The predicted octanol–water partition coefficient (Wildman–Crippen LogP) is 6.34. The van der Waals surface area contributed by atoms with Crippen LogP contribution in [0.4, 0.5) is 0 Å². The molecule has 0 spiro atoms. The molecule has 1 amide bonds.